The minimum Gasteiger partial charge on any atom is -0.481 e. The molecular formula is C15H14FNO2S. The highest BCUT2D eigenvalue weighted by molar-refractivity contribution is 7.98. The van der Waals surface area contributed by atoms with E-state index in [-0.39, 0.29) is 12.2 Å². The highest BCUT2D eigenvalue weighted by atomic mass is 32.2. The van der Waals surface area contributed by atoms with Crippen LogP contribution in [0.1, 0.15) is 11.1 Å². The van der Waals surface area contributed by atoms with Gasteiger partial charge in [0.15, 0.2) is 0 Å². The lowest BCUT2D eigenvalue weighted by Crippen LogP contribution is -1.99. The van der Waals surface area contributed by atoms with E-state index in [0.717, 1.165) is 16.0 Å². The number of hydrogen-bond donors (Lipinski definition) is 2. The normalized spacial score (nSPS) is 10.4. The molecular weight excluding hydrogens is 277 g/mol. The number of halogens is 1. The molecule has 2 aromatic carbocycles. The SMILES string of the molecule is Nc1cc(F)ccc1SCc1ccc(CC(=O)O)cc1. The van der Waals surface area contributed by atoms with Crippen molar-refractivity contribution >= 4 is 23.4 Å². The van der Waals surface area contributed by atoms with Crippen LogP contribution in [0.15, 0.2) is 47.4 Å². The van der Waals surface area contributed by atoms with Gasteiger partial charge in [0.1, 0.15) is 5.82 Å². The Morgan fingerprint density at radius 2 is 1.80 bits per heavy atom. The molecule has 0 aliphatic rings. The van der Waals surface area contributed by atoms with Gasteiger partial charge in [-0.25, -0.2) is 4.39 Å². The number of nitrogens with two attached hydrogens (primary N) is 1. The van der Waals surface area contributed by atoms with Crippen molar-refractivity contribution in [3.05, 3.63) is 59.4 Å². The minimum atomic E-state index is -0.841. The van der Waals surface area contributed by atoms with E-state index in [4.69, 9.17) is 10.8 Å². The van der Waals surface area contributed by atoms with Crippen molar-refractivity contribution < 1.29 is 14.3 Å². The Morgan fingerprint density at radius 3 is 2.40 bits per heavy atom. The number of nitrogen functional groups attached to an aromatic ring is 1. The lowest BCUT2D eigenvalue weighted by Gasteiger charge is -2.06. The minimum absolute atomic E-state index is 0.0261. The smallest absolute Gasteiger partial charge is 0.307 e. The van der Waals surface area contributed by atoms with Crippen LogP contribution in [0.4, 0.5) is 10.1 Å². The maximum Gasteiger partial charge on any atom is 0.307 e. The molecule has 0 aliphatic heterocycles. The molecule has 20 heavy (non-hydrogen) atoms. The van der Waals surface area contributed by atoms with Crippen molar-refractivity contribution in [3.63, 3.8) is 0 Å². The molecule has 5 heteroatoms. The van der Waals surface area contributed by atoms with Gasteiger partial charge in [0.05, 0.1) is 6.42 Å². The molecule has 0 saturated heterocycles. The van der Waals surface area contributed by atoms with E-state index in [1.165, 1.54) is 23.9 Å². The van der Waals surface area contributed by atoms with Gasteiger partial charge < -0.3 is 10.8 Å². The van der Waals surface area contributed by atoms with Gasteiger partial charge in [-0.2, -0.15) is 0 Å². The average Bonchev–Trinajstić information content (AvgIpc) is 2.39. The van der Waals surface area contributed by atoms with E-state index in [1.807, 2.05) is 12.1 Å². The van der Waals surface area contributed by atoms with Crippen LogP contribution in [0.3, 0.4) is 0 Å². The summed E-state index contributed by atoms with van der Waals surface area (Å²) in [7, 11) is 0. The van der Waals surface area contributed by atoms with E-state index >= 15 is 0 Å². The van der Waals surface area contributed by atoms with Crippen LogP contribution in [0.5, 0.6) is 0 Å². The summed E-state index contributed by atoms with van der Waals surface area (Å²) < 4.78 is 12.9. The standard InChI is InChI=1S/C15H14FNO2S/c16-12-5-6-14(13(17)8-12)20-9-11-3-1-10(2-4-11)7-15(18)19/h1-6,8H,7,9,17H2,(H,18,19). The Balaban J connectivity index is 1.98. The Hall–Kier alpha value is -2.01. The second-order valence-electron chi connectivity index (χ2n) is 4.36. The van der Waals surface area contributed by atoms with Crippen LogP contribution in [0.25, 0.3) is 0 Å². The summed E-state index contributed by atoms with van der Waals surface area (Å²) in [6.45, 7) is 0. The monoisotopic (exact) mass is 291 g/mol. The predicted octanol–water partition coefficient (Wildman–Crippen LogP) is 3.33. The van der Waals surface area contributed by atoms with E-state index in [0.29, 0.717) is 11.4 Å². The van der Waals surface area contributed by atoms with Crippen LogP contribution in [-0.4, -0.2) is 11.1 Å². The molecule has 0 saturated carbocycles. The maximum atomic E-state index is 12.9. The summed E-state index contributed by atoms with van der Waals surface area (Å²) in [5, 5.41) is 8.69. The van der Waals surface area contributed by atoms with Crippen molar-refractivity contribution in [3.8, 4) is 0 Å². The number of carboxylic acids is 1. The molecule has 0 spiro atoms. The molecule has 0 radical (unpaired) electrons. The summed E-state index contributed by atoms with van der Waals surface area (Å²) in [4.78, 5) is 11.4. The fraction of sp³-hybridized carbons (Fsp3) is 0.133. The number of hydrogen-bond acceptors (Lipinski definition) is 3. The zero-order valence-corrected chi connectivity index (χ0v) is 11.5. The first-order valence-electron chi connectivity index (χ1n) is 6.02. The molecule has 0 heterocycles. The molecule has 0 bridgehead atoms. The molecule has 2 aromatic rings. The second-order valence-corrected chi connectivity index (χ2v) is 5.38. The number of anilines is 1. The number of benzene rings is 2. The molecule has 0 fully saturated rings. The van der Waals surface area contributed by atoms with Gasteiger partial charge in [0, 0.05) is 16.3 Å². The van der Waals surface area contributed by atoms with Crippen LogP contribution >= 0.6 is 11.8 Å². The lowest BCUT2D eigenvalue weighted by atomic mass is 10.1. The van der Waals surface area contributed by atoms with Crippen LogP contribution in [0, 0.1) is 5.82 Å². The zero-order chi connectivity index (χ0) is 14.5. The fourth-order valence-corrected chi connectivity index (χ4v) is 2.64. The van der Waals surface area contributed by atoms with Gasteiger partial charge in [-0.05, 0) is 29.3 Å². The van der Waals surface area contributed by atoms with Crippen LogP contribution in [0.2, 0.25) is 0 Å². The Morgan fingerprint density at radius 1 is 1.15 bits per heavy atom. The first kappa shape index (κ1) is 14.4. The number of carbonyl (C=O) groups is 1. The quantitative estimate of drug-likeness (QED) is 0.655. The van der Waals surface area contributed by atoms with Crippen molar-refractivity contribution in [2.24, 2.45) is 0 Å². The van der Waals surface area contributed by atoms with Crippen molar-refractivity contribution in [2.45, 2.75) is 17.1 Å². The van der Waals surface area contributed by atoms with Crippen LogP contribution < -0.4 is 5.73 Å². The molecule has 3 nitrogen and oxygen atoms in total. The van der Waals surface area contributed by atoms with E-state index in [2.05, 4.69) is 0 Å². The first-order chi connectivity index (χ1) is 9.54. The van der Waals surface area contributed by atoms with E-state index < -0.39 is 5.97 Å². The zero-order valence-electron chi connectivity index (χ0n) is 10.7. The number of carboxylic acid groups (broad SMARTS) is 1. The van der Waals surface area contributed by atoms with Crippen molar-refractivity contribution in [1.29, 1.82) is 0 Å². The van der Waals surface area contributed by atoms with Gasteiger partial charge in [0.2, 0.25) is 0 Å². The van der Waals surface area contributed by atoms with Gasteiger partial charge in [-0.3, -0.25) is 4.79 Å². The van der Waals surface area contributed by atoms with Crippen molar-refractivity contribution in [2.75, 3.05) is 5.73 Å². The second kappa shape index (κ2) is 6.43. The maximum absolute atomic E-state index is 12.9. The number of thioether (sulfide) groups is 1. The van der Waals surface area contributed by atoms with Gasteiger partial charge in [-0.1, -0.05) is 24.3 Å². The van der Waals surface area contributed by atoms with E-state index in [9.17, 15) is 9.18 Å². The molecule has 0 aliphatic carbocycles. The largest absolute Gasteiger partial charge is 0.481 e. The molecule has 0 amide bonds. The third-order valence-electron chi connectivity index (χ3n) is 2.74. The van der Waals surface area contributed by atoms with Gasteiger partial charge in [-0.15, -0.1) is 11.8 Å². The first-order valence-corrected chi connectivity index (χ1v) is 7.00. The van der Waals surface area contributed by atoms with E-state index in [1.54, 1.807) is 18.2 Å². The molecule has 3 N–H and O–H groups in total. The summed E-state index contributed by atoms with van der Waals surface area (Å²) in [6, 6.07) is 11.7. The molecule has 0 unspecified atom stereocenters. The van der Waals surface area contributed by atoms with Crippen LogP contribution in [-0.2, 0) is 17.0 Å². The lowest BCUT2D eigenvalue weighted by molar-refractivity contribution is -0.136. The Labute approximate surface area is 120 Å². The summed E-state index contributed by atoms with van der Waals surface area (Å²) in [5.74, 6) is -0.487. The molecule has 104 valence electrons. The third kappa shape index (κ3) is 3.99. The summed E-state index contributed by atoms with van der Waals surface area (Å²) in [5.41, 5.74) is 8.00. The summed E-state index contributed by atoms with van der Waals surface area (Å²) in [6.07, 6.45) is 0.0261. The van der Waals surface area contributed by atoms with Gasteiger partial charge >= 0.3 is 5.97 Å². The fourth-order valence-electron chi connectivity index (χ4n) is 1.74. The predicted molar refractivity (Wildman–Crippen MR) is 78.2 cm³/mol. The highest BCUT2D eigenvalue weighted by Gasteiger charge is 2.04. The number of aliphatic carboxylic acids is 1. The Bertz CT molecular complexity index is 614. The highest BCUT2D eigenvalue weighted by Crippen LogP contribution is 2.28. The molecule has 2 rings (SSSR count). The molecule has 0 aromatic heterocycles. The Kier molecular flexibility index (Phi) is 4.63. The van der Waals surface area contributed by atoms with Gasteiger partial charge in [0.25, 0.3) is 0 Å². The summed E-state index contributed by atoms with van der Waals surface area (Å²) >= 11 is 1.52. The average molecular weight is 291 g/mol. The number of rotatable bonds is 5. The molecule has 0 atom stereocenters. The van der Waals surface area contributed by atoms with Crippen molar-refractivity contribution in [1.82, 2.24) is 0 Å². The topological polar surface area (TPSA) is 63.3 Å². The third-order valence-corrected chi connectivity index (χ3v) is 3.90.